The van der Waals surface area contributed by atoms with Crippen LogP contribution in [0.4, 0.5) is 0 Å². The zero-order valence-electron chi connectivity index (χ0n) is 13.0. The van der Waals surface area contributed by atoms with E-state index in [1.165, 1.54) is 22.3 Å². The summed E-state index contributed by atoms with van der Waals surface area (Å²) in [6.07, 6.45) is 2.17. The topological polar surface area (TPSA) is 29.5 Å². The lowest BCUT2D eigenvalue weighted by Crippen LogP contribution is -2.31. The molecular weight excluding hydrogens is 236 g/mol. The summed E-state index contributed by atoms with van der Waals surface area (Å²) in [7, 11) is 0. The number of hydrogen-bond acceptors (Lipinski definition) is 2. The molecule has 0 saturated carbocycles. The predicted octanol–water partition coefficient (Wildman–Crippen LogP) is 3.72. The van der Waals surface area contributed by atoms with Crippen molar-refractivity contribution in [2.24, 2.45) is 0 Å². The Morgan fingerprint density at radius 2 is 1.68 bits per heavy atom. The molecule has 1 N–H and O–H groups in total. The lowest BCUT2D eigenvalue weighted by Gasteiger charge is -2.24. The van der Waals surface area contributed by atoms with Gasteiger partial charge in [-0.1, -0.05) is 31.0 Å². The highest BCUT2D eigenvalue weighted by molar-refractivity contribution is 5.37. The molecule has 1 rings (SSSR count). The van der Waals surface area contributed by atoms with Gasteiger partial charge in [0.05, 0.1) is 12.2 Å². The second-order valence-corrected chi connectivity index (χ2v) is 5.43. The highest BCUT2D eigenvalue weighted by atomic mass is 16.5. The van der Waals surface area contributed by atoms with Crippen LogP contribution in [0, 0.1) is 20.8 Å². The Hall–Kier alpha value is -0.860. The molecule has 0 aliphatic rings. The van der Waals surface area contributed by atoms with E-state index in [0.717, 1.165) is 12.8 Å². The Balaban J connectivity index is 2.82. The zero-order chi connectivity index (χ0) is 14.4. The van der Waals surface area contributed by atoms with Crippen molar-refractivity contribution < 1.29 is 9.84 Å². The zero-order valence-corrected chi connectivity index (χ0v) is 13.0. The average Bonchev–Trinajstić information content (AvgIpc) is 2.33. The maximum atomic E-state index is 10.4. The van der Waals surface area contributed by atoms with Gasteiger partial charge in [-0.05, 0) is 50.8 Å². The number of ether oxygens (including phenoxy) is 1. The first-order chi connectivity index (χ1) is 8.99. The number of rotatable bonds is 7. The number of hydrogen-bond donors (Lipinski definition) is 1. The molecule has 0 aliphatic heterocycles. The van der Waals surface area contributed by atoms with E-state index in [0.29, 0.717) is 13.0 Å². The minimum absolute atomic E-state index is 0.0462. The molecule has 1 aromatic rings. The molecule has 0 spiro atoms. The van der Waals surface area contributed by atoms with Gasteiger partial charge in [0.25, 0.3) is 0 Å². The van der Waals surface area contributed by atoms with E-state index in [9.17, 15) is 5.11 Å². The van der Waals surface area contributed by atoms with Crippen molar-refractivity contribution in [1.29, 1.82) is 0 Å². The smallest absolute Gasteiger partial charge is 0.0842 e. The van der Waals surface area contributed by atoms with Crippen LogP contribution in [0.2, 0.25) is 0 Å². The molecule has 0 aliphatic carbocycles. The Kier molecular flexibility index (Phi) is 6.53. The lowest BCUT2D eigenvalue weighted by molar-refractivity contribution is -0.0364. The molecular formula is C17H28O2. The summed E-state index contributed by atoms with van der Waals surface area (Å²) in [5.41, 5.74) is 5.08. The van der Waals surface area contributed by atoms with Crippen molar-refractivity contribution in [2.75, 3.05) is 6.61 Å². The fourth-order valence-corrected chi connectivity index (χ4v) is 2.76. The van der Waals surface area contributed by atoms with Crippen LogP contribution in [-0.2, 0) is 11.2 Å². The molecule has 2 atom stereocenters. The average molecular weight is 264 g/mol. The minimum atomic E-state index is -0.417. The highest BCUT2D eigenvalue weighted by Gasteiger charge is 2.20. The summed E-state index contributed by atoms with van der Waals surface area (Å²) in [6, 6.07) is 4.37. The monoisotopic (exact) mass is 264 g/mol. The van der Waals surface area contributed by atoms with Gasteiger partial charge in [0, 0.05) is 13.0 Å². The molecule has 0 fully saturated rings. The molecule has 0 radical (unpaired) electrons. The van der Waals surface area contributed by atoms with Gasteiger partial charge in [0.1, 0.15) is 0 Å². The molecule has 0 bridgehead atoms. The normalized spacial score (nSPS) is 14.4. The van der Waals surface area contributed by atoms with Crippen LogP contribution in [0.5, 0.6) is 0 Å². The van der Waals surface area contributed by atoms with Crippen LogP contribution in [0.15, 0.2) is 12.1 Å². The van der Waals surface area contributed by atoms with Crippen LogP contribution in [0.1, 0.15) is 48.9 Å². The molecule has 1 aromatic carbocycles. The summed E-state index contributed by atoms with van der Waals surface area (Å²) in [6.45, 7) is 11.1. The number of benzene rings is 1. The van der Waals surface area contributed by atoms with Gasteiger partial charge < -0.3 is 9.84 Å². The molecule has 0 heterocycles. The Bertz CT molecular complexity index is 369. The van der Waals surface area contributed by atoms with Crippen molar-refractivity contribution in [3.8, 4) is 0 Å². The van der Waals surface area contributed by atoms with E-state index < -0.39 is 6.10 Å². The SMILES string of the molecule is CCCC(OCC)C(O)Cc1c(C)cc(C)cc1C. The first-order valence-electron chi connectivity index (χ1n) is 7.35. The van der Waals surface area contributed by atoms with Crippen LogP contribution in [-0.4, -0.2) is 23.9 Å². The number of aliphatic hydroxyl groups is 1. The van der Waals surface area contributed by atoms with Gasteiger partial charge in [-0.15, -0.1) is 0 Å². The minimum Gasteiger partial charge on any atom is -0.390 e. The van der Waals surface area contributed by atoms with E-state index in [2.05, 4.69) is 39.8 Å². The maximum absolute atomic E-state index is 10.4. The van der Waals surface area contributed by atoms with Crippen molar-refractivity contribution in [2.45, 2.75) is 66.1 Å². The molecule has 2 unspecified atom stereocenters. The molecule has 2 heteroatoms. The second kappa shape index (κ2) is 7.66. The first-order valence-corrected chi connectivity index (χ1v) is 7.35. The predicted molar refractivity (Wildman–Crippen MR) is 80.7 cm³/mol. The van der Waals surface area contributed by atoms with Gasteiger partial charge in [0.15, 0.2) is 0 Å². The van der Waals surface area contributed by atoms with E-state index in [4.69, 9.17) is 4.74 Å². The van der Waals surface area contributed by atoms with Crippen molar-refractivity contribution in [1.82, 2.24) is 0 Å². The summed E-state index contributed by atoms with van der Waals surface area (Å²) in [5.74, 6) is 0. The fourth-order valence-electron chi connectivity index (χ4n) is 2.76. The van der Waals surface area contributed by atoms with Gasteiger partial charge in [-0.2, -0.15) is 0 Å². The second-order valence-electron chi connectivity index (χ2n) is 5.43. The number of aryl methyl sites for hydroxylation is 3. The summed E-state index contributed by atoms with van der Waals surface area (Å²) in [5, 5.41) is 10.4. The Morgan fingerprint density at radius 3 is 2.16 bits per heavy atom. The molecule has 19 heavy (non-hydrogen) atoms. The van der Waals surface area contributed by atoms with Crippen LogP contribution in [0.3, 0.4) is 0 Å². The standard InChI is InChI=1S/C17H28O2/c1-6-8-17(19-7-2)16(18)11-15-13(4)9-12(3)10-14(15)5/h9-10,16-18H,6-8,11H2,1-5H3. The van der Waals surface area contributed by atoms with E-state index in [1.807, 2.05) is 6.92 Å². The fraction of sp³-hybridized carbons (Fsp3) is 0.647. The van der Waals surface area contributed by atoms with Crippen molar-refractivity contribution in [3.05, 3.63) is 34.4 Å². The van der Waals surface area contributed by atoms with Crippen molar-refractivity contribution in [3.63, 3.8) is 0 Å². The lowest BCUT2D eigenvalue weighted by atomic mass is 9.93. The largest absolute Gasteiger partial charge is 0.390 e. The van der Waals surface area contributed by atoms with Crippen molar-refractivity contribution >= 4 is 0 Å². The number of aliphatic hydroxyl groups excluding tert-OH is 1. The molecule has 0 amide bonds. The van der Waals surface area contributed by atoms with Gasteiger partial charge >= 0.3 is 0 Å². The van der Waals surface area contributed by atoms with E-state index >= 15 is 0 Å². The maximum Gasteiger partial charge on any atom is 0.0842 e. The van der Waals surface area contributed by atoms with Gasteiger partial charge in [-0.3, -0.25) is 0 Å². The Morgan fingerprint density at radius 1 is 1.11 bits per heavy atom. The van der Waals surface area contributed by atoms with Gasteiger partial charge in [-0.25, -0.2) is 0 Å². The third kappa shape index (κ3) is 4.63. The Labute approximate surface area is 117 Å². The highest BCUT2D eigenvalue weighted by Crippen LogP contribution is 2.20. The third-order valence-electron chi connectivity index (χ3n) is 3.64. The molecule has 0 saturated heterocycles. The van der Waals surface area contributed by atoms with E-state index in [1.54, 1.807) is 0 Å². The van der Waals surface area contributed by atoms with Crippen LogP contribution in [0.25, 0.3) is 0 Å². The van der Waals surface area contributed by atoms with Gasteiger partial charge in [0.2, 0.25) is 0 Å². The molecule has 0 aromatic heterocycles. The van der Waals surface area contributed by atoms with E-state index in [-0.39, 0.29) is 6.10 Å². The molecule has 2 nitrogen and oxygen atoms in total. The summed E-state index contributed by atoms with van der Waals surface area (Å²) in [4.78, 5) is 0. The quantitative estimate of drug-likeness (QED) is 0.813. The van der Waals surface area contributed by atoms with Crippen LogP contribution >= 0.6 is 0 Å². The summed E-state index contributed by atoms with van der Waals surface area (Å²) < 4.78 is 5.67. The summed E-state index contributed by atoms with van der Waals surface area (Å²) >= 11 is 0. The third-order valence-corrected chi connectivity index (χ3v) is 3.64. The van der Waals surface area contributed by atoms with Crippen LogP contribution < -0.4 is 0 Å². The first kappa shape index (κ1) is 16.2. The molecule has 108 valence electrons.